The second kappa shape index (κ2) is 46.1. The average Bonchev–Trinajstić information content (AvgIpc) is 1.64. The van der Waals surface area contributed by atoms with Crippen LogP contribution in [0.25, 0.3) is 10.9 Å². The summed E-state index contributed by atoms with van der Waals surface area (Å²) in [4.78, 5) is 246. The maximum atomic E-state index is 15.3. The van der Waals surface area contributed by atoms with Gasteiger partial charge in [-0.05, 0) is 99.6 Å². The fourth-order valence-corrected chi connectivity index (χ4v) is 14.8. The number of benzene rings is 3. The molecule has 2 fully saturated rings. The van der Waals surface area contributed by atoms with Crippen LogP contribution in [0.3, 0.4) is 0 Å². The third kappa shape index (κ3) is 29.7. The molecule has 0 spiro atoms. The van der Waals surface area contributed by atoms with Crippen LogP contribution in [-0.2, 0) is 116 Å². The highest BCUT2D eigenvalue weighted by Crippen LogP contribution is 2.26. The van der Waals surface area contributed by atoms with E-state index in [1.54, 1.807) is 113 Å². The standard InChI is InChI=1S/C79H110BrN19O22S/c1-40(2)50(34-60(102)64(41(3)4)94-74(113)59-22-16-30-99(59)77(116)55(91-67(106)42(5)87-39-100)32-46-23-25-48(80)26-24-46)68(107)89-54(33-47-36-86-51-20-14-13-19-49(47)51)70(109)88-52(21-15-29-85-79(83)84)69(108)93-57(38-122(118,119)120)72(111)96-66-44(7)121-63(105)37-97(8)76(115)56(35-62(82)104)92-75(114)65(43(6)101)95-71(110)53(31-45-17-11-10-12-18-45)90-73(112)58(27-28-61(81)103)98(9)78(66)117/h10-14,17-20,23-26,36,39-44,50,52-59,64-66,86,101H,15-16,21-22,27-35,37-38H2,1-9H3,(H2,81,103)(H2,82,104)(H,87,100)(H,88,109)(H,89,107)(H,90,112)(H,91,106)(H,92,114)(H,93,108)(H,94,113)(H,95,110)(H,96,111)(H4,83,84,85)(H,118,119,120)/t42-,43-,44-,50+,52+,53-,54-,55+,56+,57-,58+,59+,64-,65?,66+/m1/s1. The number of H-pyrrole nitrogens is 1. The van der Waals surface area contributed by atoms with E-state index in [2.05, 4.69) is 79.4 Å². The monoisotopic (exact) mass is 1790 g/mol. The number of likely N-dealkylation sites (tertiary alicyclic amines) is 1. The molecule has 2 aliphatic rings. The Morgan fingerprint density at radius 2 is 1.33 bits per heavy atom. The number of rotatable bonds is 38. The number of halogens is 1. The molecule has 1 aromatic heterocycles. The number of likely N-dealkylation sites (N-methyl/N-ethyl adjacent to an activating group) is 2. The van der Waals surface area contributed by atoms with Crippen LogP contribution in [0.4, 0.5) is 0 Å². The molecule has 1 unspecified atom stereocenters. The van der Waals surface area contributed by atoms with Crippen LogP contribution in [0, 0.1) is 23.2 Å². The Hall–Kier alpha value is -12.0. The van der Waals surface area contributed by atoms with Crippen molar-refractivity contribution >= 4 is 144 Å². The maximum Gasteiger partial charge on any atom is 0.325 e. The van der Waals surface area contributed by atoms with E-state index < -0.39 is 257 Å². The van der Waals surface area contributed by atoms with Crippen LogP contribution < -0.4 is 75.7 Å². The second-order valence-corrected chi connectivity index (χ2v) is 33.3. The van der Waals surface area contributed by atoms with Gasteiger partial charge in [0.25, 0.3) is 10.1 Å². The Labute approximate surface area is 712 Å². The van der Waals surface area contributed by atoms with Gasteiger partial charge in [-0.25, -0.2) is 0 Å². The molecule has 41 nitrogen and oxygen atoms in total. The summed E-state index contributed by atoms with van der Waals surface area (Å²) < 4.78 is 43.0. The molecule has 122 heavy (non-hydrogen) atoms. The van der Waals surface area contributed by atoms with E-state index >= 15 is 24.0 Å². The van der Waals surface area contributed by atoms with Crippen LogP contribution in [0.5, 0.6) is 0 Å². The number of guanidine groups is 1. The van der Waals surface area contributed by atoms with E-state index in [0.717, 1.165) is 32.4 Å². The largest absolute Gasteiger partial charge is 0.459 e. The normalized spacial score (nSPS) is 20.4. The van der Waals surface area contributed by atoms with Crippen molar-refractivity contribution in [2.45, 2.75) is 204 Å². The summed E-state index contributed by atoms with van der Waals surface area (Å²) in [5.74, 6) is -22.2. The van der Waals surface area contributed by atoms with Gasteiger partial charge in [-0.1, -0.05) is 104 Å². The number of aliphatic hydroxyl groups is 1. The number of aromatic amines is 1. The molecule has 0 bridgehead atoms. The molecule has 0 radical (unpaired) electrons. The molecule has 3 heterocycles. The Morgan fingerprint density at radius 3 is 1.94 bits per heavy atom. The zero-order valence-corrected chi connectivity index (χ0v) is 71.4. The molecule has 3 aromatic carbocycles. The first-order valence-corrected chi connectivity index (χ1v) is 41.9. The number of esters is 1. The molecule has 43 heteroatoms. The minimum absolute atomic E-state index is 0.00154. The summed E-state index contributed by atoms with van der Waals surface area (Å²) in [5.41, 5.74) is 18.7. The number of para-hydroxylation sites is 1. The molecule has 0 aliphatic carbocycles. The molecule has 21 N–H and O–H groups in total. The summed E-state index contributed by atoms with van der Waals surface area (Å²) in [6.45, 7) is 8.91. The fourth-order valence-electron chi connectivity index (χ4n) is 13.9. The number of aliphatic hydroxyl groups excluding tert-OH is 1. The van der Waals surface area contributed by atoms with Gasteiger partial charge in [-0.3, -0.25) is 91.5 Å². The number of hydrogen-bond donors (Lipinski definition) is 18. The van der Waals surface area contributed by atoms with Gasteiger partial charge in [-0.2, -0.15) is 8.42 Å². The number of amides is 15. The van der Waals surface area contributed by atoms with Crippen LogP contribution in [-0.4, -0.2) is 269 Å². The number of nitrogens with two attached hydrogens (primary N) is 3. The SMILES string of the molecule is CC(C)[C@H](CC(=O)[C@H](NC(=O)[C@@H]1CCCN1C(=O)[C@H](Cc1ccc(Br)cc1)NC(=O)[C@@H](C)NC=O)C(C)C)C(=O)N[C@H](Cc1c[nH]c2ccccc12)C(=O)N[C@@H](CCCNC(=N)N)C(=O)N[C@H](CS(=O)(=O)O)C(=O)N[C@@H]1C(=O)N(C)[C@@H](CCC(N)=O)C(=O)N[C@H](Cc2ccccc2)C(=O)NC([C@@H](C)O)C(=O)N[C@@H](CC(N)=O)C(=O)N(C)CC(=O)O[C@@H]1C. The van der Waals surface area contributed by atoms with Crippen molar-refractivity contribution in [3.05, 3.63) is 106 Å². The van der Waals surface area contributed by atoms with Crippen molar-refractivity contribution in [3.63, 3.8) is 0 Å². The molecule has 15 atom stereocenters. The second-order valence-electron chi connectivity index (χ2n) is 30.9. The van der Waals surface area contributed by atoms with Crippen molar-refractivity contribution in [2.24, 2.45) is 35.0 Å². The first kappa shape index (κ1) is 98.8. The molecule has 0 saturated carbocycles. The van der Waals surface area contributed by atoms with Crippen molar-refractivity contribution in [1.29, 1.82) is 5.41 Å². The highest BCUT2D eigenvalue weighted by molar-refractivity contribution is 9.10. The predicted octanol–water partition coefficient (Wildman–Crippen LogP) is -3.76. The molecule has 15 amide bonds. The number of fused-ring (bicyclic) bond motifs is 1. The molecular weight excluding hydrogens is 1680 g/mol. The zero-order chi connectivity index (χ0) is 90.7. The number of primary amides is 2. The van der Waals surface area contributed by atoms with Crippen LogP contribution in [0.15, 0.2) is 89.5 Å². The summed E-state index contributed by atoms with van der Waals surface area (Å²) >= 11 is 3.39. The highest BCUT2D eigenvalue weighted by atomic mass is 79.9. The number of ether oxygens (including phenoxy) is 1. The average molecular weight is 1790 g/mol. The lowest BCUT2D eigenvalue weighted by Crippen LogP contribution is -2.63. The van der Waals surface area contributed by atoms with Crippen LogP contribution in [0.2, 0.25) is 0 Å². The minimum atomic E-state index is -5.44. The molecule has 6 rings (SSSR count). The number of carbonyl (C=O) groups excluding carboxylic acids is 17. The molecule has 2 saturated heterocycles. The smallest absolute Gasteiger partial charge is 0.325 e. The lowest BCUT2D eigenvalue weighted by atomic mass is 9.85. The Kier molecular flexibility index (Phi) is 37.4. The molecule has 4 aromatic rings. The zero-order valence-electron chi connectivity index (χ0n) is 69.0. The molecular formula is C79H110BrN19O22S. The summed E-state index contributed by atoms with van der Waals surface area (Å²) in [7, 11) is -3.46. The first-order chi connectivity index (χ1) is 57.4. The van der Waals surface area contributed by atoms with Crippen molar-refractivity contribution in [3.8, 4) is 0 Å². The van der Waals surface area contributed by atoms with Crippen LogP contribution in [0.1, 0.15) is 117 Å². The third-order valence-corrected chi connectivity index (χ3v) is 21.9. The lowest BCUT2D eigenvalue weighted by Gasteiger charge is -2.34. The predicted molar refractivity (Wildman–Crippen MR) is 443 cm³/mol. The Balaban J connectivity index is 1.35. The van der Waals surface area contributed by atoms with E-state index in [9.17, 15) is 75.6 Å². The molecule has 666 valence electrons. The number of ketones is 1. The topological polar surface area (TPSA) is 634 Å². The maximum absolute atomic E-state index is 15.3. The number of carbonyl (C=O) groups is 17. The van der Waals surface area contributed by atoms with Crippen LogP contribution >= 0.6 is 15.9 Å². The Morgan fingerprint density at radius 1 is 0.705 bits per heavy atom. The van der Waals surface area contributed by atoms with E-state index in [1.807, 2.05) is 0 Å². The number of Topliss-reactive ketones (excluding diaryl/α,β-unsaturated/α-hetero) is 1. The number of nitrogens with zero attached hydrogens (tertiary/aromatic N) is 3. The van der Waals surface area contributed by atoms with Gasteiger partial charge in [0.2, 0.25) is 89.1 Å². The number of hydrogen-bond acceptors (Lipinski definition) is 22. The van der Waals surface area contributed by atoms with E-state index in [4.69, 9.17) is 27.3 Å². The van der Waals surface area contributed by atoms with Gasteiger partial charge in [0.1, 0.15) is 84.9 Å². The van der Waals surface area contributed by atoms with Crippen molar-refractivity contribution in [2.75, 3.05) is 39.5 Å². The van der Waals surface area contributed by atoms with E-state index in [0.29, 0.717) is 50.2 Å². The van der Waals surface area contributed by atoms with Gasteiger partial charge in [0, 0.05) is 86.8 Å². The minimum Gasteiger partial charge on any atom is -0.459 e. The van der Waals surface area contributed by atoms with Crippen molar-refractivity contribution in [1.82, 2.24) is 78.2 Å². The summed E-state index contributed by atoms with van der Waals surface area (Å²) in [6, 6.07) is 1.21. The highest BCUT2D eigenvalue weighted by Gasteiger charge is 2.45. The number of aromatic nitrogens is 1. The third-order valence-electron chi connectivity index (χ3n) is 20.6. The lowest BCUT2D eigenvalue weighted by molar-refractivity contribution is -0.158. The van der Waals surface area contributed by atoms with E-state index in [-0.39, 0.29) is 45.2 Å². The van der Waals surface area contributed by atoms with Gasteiger partial charge in [0.15, 0.2) is 11.7 Å². The quantitative estimate of drug-likeness (QED) is 0.00512. The fraction of sp³-hybridized carbons (Fsp3) is 0.519. The first-order valence-electron chi connectivity index (χ1n) is 39.5. The van der Waals surface area contributed by atoms with Crippen molar-refractivity contribution < 1.29 is 104 Å². The van der Waals surface area contributed by atoms with Gasteiger partial charge in [0.05, 0.1) is 18.6 Å². The number of nitrogens with one attached hydrogen (secondary N) is 13. The van der Waals surface area contributed by atoms with E-state index in [1.165, 1.54) is 11.8 Å². The number of cyclic esters (lactones) is 1. The van der Waals surface area contributed by atoms with Gasteiger partial charge < -0.3 is 105 Å². The Bertz CT molecular complexity index is 4590. The van der Waals surface area contributed by atoms with Gasteiger partial charge >= 0.3 is 5.97 Å². The molecule has 2 aliphatic heterocycles. The van der Waals surface area contributed by atoms with Gasteiger partial charge in [-0.15, -0.1) is 0 Å². The summed E-state index contributed by atoms with van der Waals surface area (Å²) in [6.07, 6.45) is -5.44. The summed E-state index contributed by atoms with van der Waals surface area (Å²) in [5, 5.41) is 46.4.